The van der Waals surface area contributed by atoms with E-state index in [1.54, 1.807) is 30.3 Å². The SMILES string of the molecule is O=C(OCc1cc([N+](=O)[O-])cc2c1OCOC2)/C(=C/c1ccc(F)cc1)c1cccs1. The number of hydrogen-bond acceptors (Lipinski definition) is 7. The number of hydrogen-bond donors (Lipinski definition) is 0. The fourth-order valence-corrected chi connectivity index (χ4v) is 3.83. The summed E-state index contributed by atoms with van der Waals surface area (Å²) in [5, 5.41) is 13.1. The fourth-order valence-electron chi connectivity index (χ4n) is 3.10. The minimum Gasteiger partial charge on any atom is -0.467 e. The number of nitro benzene ring substituents is 1. The Morgan fingerprint density at radius 2 is 2.06 bits per heavy atom. The normalized spacial score (nSPS) is 13.3. The molecule has 0 spiro atoms. The van der Waals surface area contributed by atoms with Crippen molar-refractivity contribution in [3.05, 3.63) is 91.4 Å². The third kappa shape index (κ3) is 4.79. The summed E-state index contributed by atoms with van der Waals surface area (Å²) in [6, 6.07) is 12.0. The number of non-ortho nitro benzene ring substituents is 1. The summed E-state index contributed by atoms with van der Waals surface area (Å²) in [5.41, 5.74) is 1.69. The second-order valence-electron chi connectivity index (χ2n) is 6.62. The zero-order chi connectivity index (χ0) is 21.8. The Morgan fingerprint density at radius 1 is 1.26 bits per heavy atom. The molecule has 0 aliphatic carbocycles. The van der Waals surface area contributed by atoms with Crippen molar-refractivity contribution in [3.8, 4) is 5.75 Å². The highest BCUT2D eigenvalue weighted by Crippen LogP contribution is 2.33. The van der Waals surface area contributed by atoms with E-state index in [4.69, 9.17) is 14.2 Å². The fraction of sp³-hybridized carbons (Fsp3) is 0.136. The van der Waals surface area contributed by atoms with Crippen molar-refractivity contribution in [1.29, 1.82) is 0 Å². The molecule has 1 aliphatic heterocycles. The van der Waals surface area contributed by atoms with E-state index in [9.17, 15) is 19.3 Å². The van der Waals surface area contributed by atoms with Crippen LogP contribution in [-0.4, -0.2) is 17.7 Å². The highest BCUT2D eigenvalue weighted by atomic mass is 32.1. The van der Waals surface area contributed by atoms with E-state index in [1.165, 1.54) is 35.6 Å². The minimum atomic E-state index is -0.612. The van der Waals surface area contributed by atoms with Gasteiger partial charge in [0.05, 0.1) is 17.1 Å². The molecule has 2 aromatic carbocycles. The van der Waals surface area contributed by atoms with Crippen LogP contribution >= 0.6 is 11.3 Å². The Labute approximate surface area is 180 Å². The molecule has 4 rings (SSSR count). The highest BCUT2D eigenvalue weighted by molar-refractivity contribution is 7.11. The maximum Gasteiger partial charge on any atom is 0.339 e. The molecule has 0 radical (unpaired) electrons. The molecule has 0 fully saturated rings. The topological polar surface area (TPSA) is 87.9 Å². The standard InChI is InChI=1S/C22H16FNO6S/c23-17-5-3-14(4-6-17)8-19(20-2-1-7-31-20)22(25)29-12-16-10-18(24(26)27)9-15-11-28-13-30-21(15)16/h1-10H,11-13H2/b19-8+. The number of carbonyl (C=O) groups excluding carboxylic acids is 1. The van der Waals surface area contributed by atoms with Gasteiger partial charge in [-0.1, -0.05) is 18.2 Å². The lowest BCUT2D eigenvalue weighted by Gasteiger charge is -2.20. The number of ether oxygens (including phenoxy) is 3. The average molecular weight is 441 g/mol. The number of fused-ring (bicyclic) bond motifs is 1. The lowest BCUT2D eigenvalue weighted by Crippen LogP contribution is -2.15. The van der Waals surface area contributed by atoms with Crippen molar-refractivity contribution < 1.29 is 28.3 Å². The van der Waals surface area contributed by atoms with Gasteiger partial charge >= 0.3 is 5.97 Å². The molecule has 3 aromatic rings. The molecular weight excluding hydrogens is 425 g/mol. The van der Waals surface area contributed by atoms with Crippen LogP contribution in [0.4, 0.5) is 10.1 Å². The first kappa shape index (κ1) is 20.7. The van der Waals surface area contributed by atoms with E-state index in [2.05, 4.69) is 0 Å². The molecule has 2 heterocycles. The van der Waals surface area contributed by atoms with Gasteiger partial charge in [-0.2, -0.15) is 0 Å². The second kappa shape index (κ2) is 9.07. The lowest BCUT2D eigenvalue weighted by atomic mass is 10.1. The average Bonchev–Trinajstić information content (AvgIpc) is 3.31. The first-order valence-electron chi connectivity index (χ1n) is 9.20. The quantitative estimate of drug-likeness (QED) is 0.233. The van der Waals surface area contributed by atoms with E-state index in [-0.39, 0.29) is 31.5 Å². The van der Waals surface area contributed by atoms with Gasteiger partial charge in [0.2, 0.25) is 0 Å². The predicted octanol–water partition coefficient (Wildman–Crippen LogP) is 4.95. The molecule has 0 saturated heterocycles. The lowest BCUT2D eigenvalue weighted by molar-refractivity contribution is -0.385. The van der Waals surface area contributed by atoms with E-state index in [1.807, 2.05) is 5.38 Å². The van der Waals surface area contributed by atoms with Crippen LogP contribution in [0.2, 0.25) is 0 Å². The Morgan fingerprint density at radius 3 is 2.77 bits per heavy atom. The second-order valence-corrected chi connectivity index (χ2v) is 7.57. The van der Waals surface area contributed by atoms with Crippen molar-refractivity contribution in [3.63, 3.8) is 0 Å². The molecule has 1 aromatic heterocycles. The number of esters is 1. The number of halogens is 1. The van der Waals surface area contributed by atoms with Crippen molar-refractivity contribution in [1.82, 2.24) is 0 Å². The summed E-state index contributed by atoms with van der Waals surface area (Å²) in [4.78, 5) is 24.3. The molecule has 0 N–H and O–H groups in total. The number of rotatable bonds is 6. The van der Waals surface area contributed by atoms with Crippen LogP contribution in [0.3, 0.4) is 0 Å². The third-order valence-electron chi connectivity index (χ3n) is 4.53. The monoisotopic (exact) mass is 441 g/mol. The van der Waals surface area contributed by atoms with Gasteiger partial charge in [-0.05, 0) is 35.2 Å². The van der Waals surface area contributed by atoms with E-state index >= 15 is 0 Å². The Hall–Kier alpha value is -3.56. The summed E-state index contributed by atoms with van der Waals surface area (Å²) in [6.45, 7) is -0.0332. The Balaban J connectivity index is 1.61. The van der Waals surface area contributed by atoms with Crippen LogP contribution in [0.5, 0.6) is 5.75 Å². The Bertz CT molecular complexity index is 1140. The van der Waals surface area contributed by atoms with Gasteiger partial charge in [-0.25, -0.2) is 9.18 Å². The summed E-state index contributed by atoms with van der Waals surface area (Å²) in [6.07, 6.45) is 1.61. The molecule has 0 atom stereocenters. The first-order valence-corrected chi connectivity index (χ1v) is 10.1. The van der Waals surface area contributed by atoms with Gasteiger partial charge in [-0.3, -0.25) is 10.1 Å². The summed E-state index contributed by atoms with van der Waals surface area (Å²) in [5.74, 6) is -0.569. The van der Waals surface area contributed by atoms with Gasteiger partial charge in [0.15, 0.2) is 6.79 Å². The van der Waals surface area contributed by atoms with E-state index < -0.39 is 10.9 Å². The van der Waals surface area contributed by atoms with Crippen LogP contribution in [0, 0.1) is 15.9 Å². The van der Waals surface area contributed by atoms with E-state index in [0.29, 0.717) is 32.9 Å². The van der Waals surface area contributed by atoms with Crippen LogP contribution in [-0.2, 0) is 27.5 Å². The number of nitro groups is 1. The van der Waals surface area contributed by atoms with Crippen molar-refractivity contribution in [2.45, 2.75) is 13.2 Å². The summed E-state index contributed by atoms with van der Waals surface area (Å²) in [7, 11) is 0. The van der Waals surface area contributed by atoms with Crippen molar-refractivity contribution in [2.75, 3.05) is 6.79 Å². The number of benzene rings is 2. The molecule has 7 nitrogen and oxygen atoms in total. The number of thiophene rings is 1. The molecular formula is C22H16FNO6S. The van der Waals surface area contributed by atoms with Gasteiger partial charge < -0.3 is 14.2 Å². The largest absolute Gasteiger partial charge is 0.467 e. The highest BCUT2D eigenvalue weighted by Gasteiger charge is 2.23. The minimum absolute atomic E-state index is 0.0106. The molecule has 0 saturated carbocycles. The molecule has 9 heteroatoms. The van der Waals surface area contributed by atoms with Crippen LogP contribution in [0.1, 0.15) is 21.6 Å². The van der Waals surface area contributed by atoms with Crippen LogP contribution in [0.15, 0.2) is 53.9 Å². The van der Waals surface area contributed by atoms with Gasteiger partial charge in [0.1, 0.15) is 18.2 Å². The van der Waals surface area contributed by atoms with Gasteiger partial charge in [0, 0.05) is 28.1 Å². The zero-order valence-electron chi connectivity index (χ0n) is 16.1. The third-order valence-corrected chi connectivity index (χ3v) is 5.43. The van der Waals surface area contributed by atoms with Gasteiger partial charge in [0.25, 0.3) is 5.69 Å². The van der Waals surface area contributed by atoms with Crippen molar-refractivity contribution in [2.24, 2.45) is 0 Å². The maximum absolute atomic E-state index is 13.2. The maximum atomic E-state index is 13.2. The van der Waals surface area contributed by atoms with Crippen LogP contribution in [0.25, 0.3) is 11.6 Å². The first-order chi connectivity index (χ1) is 15.0. The number of carbonyl (C=O) groups is 1. The molecule has 0 bridgehead atoms. The molecule has 0 unspecified atom stereocenters. The predicted molar refractivity (Wildman–Crippen MR) is 112 cm³/mol. The molecule has 158 valence electrons. The smallest absolute Gasteiger partial charge is 0.339 e. The molecule has 1 aliphatic rings. The summed E-state index contributed by atoms with van der Waals surface area (Å²) < 4.78 is 29.4. The summed E-state index contributed by atoms with van der Waals surface area (Å²) >= 11 is 1.36. The molecule has 31 heavy (non-hydrogen) atoms. The van der Waals surface area contributed by atoms with Crippen LogP contribution < -0.4 is 4.74 Å². The molecule has 0 amide bonds. The zero-order valence-corrected chi connectivity index (χ0v) is 16.9. The van der Waals surface area contributed by atoms with Crippen molar-refractivity contribution >= 4 is 34.6 Å². The van der Waals surface area contributed by atoms with E-state index in [0.717, 1.165) is 0 Å². The Kier molecular flexibility index (Phi) is 6.06. The van der Waals surface area contributed by atoms with Gasteiger partial charge in [-0.15, -0.1) is 11.3 Å². The number of nitrogens with zero attached hydrogens (tertiary/aromatic N) is 1.